The molecule has 0 unspecified atom stereocenters. The number of amides is 1. The van der Waals surface area contributed by atoms with Gasteiger partial charge in [0.2, 0.25) is 0 Å². The van der Waals surface area contributed by atoms with Crippen LogP contribution in [0, 0.1) is 0 Å². The molecule has 0 atom stereocenters. The summed E-state index contributed by atoms with van der Waals surface area (Å²) >= 11 is 0. The van der Waals surface area contributed by atoms with Crippen molar-refractivity contribution in [2.45, 2.75) is 0 Å². The lowest BCUT2D eigenvalue weighted by atomic mass is 10.1. The minimum Gasteiger partial charge on any atom is -0.496 e. The zero-order chi connectivity index (χ0) is 16.6. The number of carbonyl (C=O) groups is 1. The lowest BCUT2D eigenvalue weighted by Crippen LogP contribution is -2.13. The fourth-order valence-electron chi connectivity index (χ4n) is 1.99. The molecule has 1 amide bonds. The molecule has 0 fully saturated rings. The Kier molecular flexibility index (Phi) is 3.52. The number of nitrogens with zero attached hydrogens (tertiary/aromatic N) is 4. The lowest BCUT2D eigenvalue weighted by Gasteiger charge is -2.09. The van der Waals surface area contributed by atoms with Gasteiger partial charge in [-0.25, -0.2) is 9.98 Å². The van der Waals surface area contributed by atoms with Gasteiger partial charge in [0.05, 0.1) is 25.1 Å². The van der Waals surface area contributed by atoms with E-state index in [1.165, 1.54) is 25.4 Å². The number of fused-ring (bicyclic) bond motifs is 1. The average molecular weight is 334 g/mol. The Morgan fingerprint density at radius 3 is 2.61 bits per heavy atom. The van der Waals surface area contributed by atoms with Crippen molar-refractivity contribution in [2.75, 3.05) is 13.4 Å². The fraction of sp³-hybridized carbons (Fsp3) is 0.154. The molecule has 0 bridgehead atoms. The summed E-state index contributed by atoms with van der Waals surface area (Å²) in [6, 6.07) is 4.37. The Hall–Kier alpha value is -2.88. The Bertz CT molecular complexity index is 928. The molecule has 10 heteroatoms. The first-order valence-electron chi connectivity index (χ1n) is 6.28. The zero-order valence-electron chi connectivity index (χ0n) is 12.0. The molecule has 0 spiro atoms. The van der Waals surface area contributed by atoms with Gasteiger partial charge in [-0.3, -0.25) is 4.79 Å². The monoisotopic (exact) mass is 334 g/mol. The molecule has 1 aromatic rings. The summed E-state index contributed by atoms with van der Waals surface area (Å²) in [6.07, 6.45) is 2.27. The highest BCUT2D eigenvalue weighted by atomic mass is 32.2. The third-order valence-corrected chi connectivity index (χ3v) is 3.37. The van der Waals surface area contributed by atoms with Crippen molar-refractivity contribution < 1.29 is 22.1 Å². The highest BCUT2D eigenvalue weighted by Crippen LogP contribution is 2.29. The van der Waals surface area contributed by atoms with E-state index in [-0.39, 0.29) is 17.3 Å². The van der Waals surface area contributed by atoms with Gasteiger partial charge in [-0.15, -0.1) is 5.11 Å². The summed E-state index contributed by atoms with van der Waals surface area (Å²) < 4.78 is 32.4. The van der Waals surface area contributed by atoms with Crippen molar-refractivity contribution in [3.8, 4) is 11.5 Å². The van der Waals surface area contributed by atoms with Crippen LogP contribution in [-0.2, 0) is 14.9 Å². The zero-order valence-corrected chi connectivity index (χ0v) is 12.9. The van der Waals surface area contributed by atoms with Crippen LogP contribution in [-0.4, -0.2) is 39.2 Å². The molecule has 1 aromatic carbocycles. The first-order valence-corrected chi connectivity index (χ1v) is 8.10. The summed E-state index contributed by atoms with van der Waals surface area (Å²) in [7, 11) is -2.24. The Balaban J connectivity index is 2.00. The molecule has 0 N–H and O–H groups in total. The summed E-state index contributed by atoms with van der Waals surface area (Å²) in [5.74, 6) is 0.0683. The van der Waals surface area contributed by atoms with Crippen LogP contribution in [0.2, 0.25) is 0 Å². The quantitative estimate of drug-likeness (QED) is 0.763. The van der Waals surface area contributed by atoms with Crippen LogP contribution in [0.15, 0.2) is 50.3 Å². The third-order valence-electron chi connectivity index (χ3n) is 2.88. The SMILES string of the molecule is COc1cc(OS(C)(=O)=O)ccc1C1=NC2=CN=NC(=O)C2=N1. The highest BCUT2D eigenvalue weighted by molar-refractivity contribution is 7.86. The summed E-state index contributed by atoms with van der Waals surface area (Å²) in [4.78, 5) is 19.9. The molecule has 0 radical (unpaired) electrons. The average Bonchev–Trinajstić information content (AvgIpc) is 2.90. The molecular weight excluding hydrogens is 324 g/mol. The van der Waals surface area contributed by atoms with Crippen LogP contribution in [0.1, 0.15) is 5.56 Å². The Morgan fingerprint density at radius 1 is 1.17 bits per heavy atom. The first kappa shape index (κ1) is 15.0. The van der Waals surface area contributed by atoms with Gasteiger partial charge in [-0.1, -0.05) is 0 Å². The molecule has 0 saturated carbocycles. The predicted molar refractivity (Wildman–Crippen MR) is 80.4 cm³/mol. The van der Waals surface area contributed by atoms with Crippen LogP contribution in [0.4, 0.5) is 0 Å². The van der Waals surface area contributed by atoms with Crippen molar-refractivity contribution in [3.63, 3.8) is 0 Å². The van der Waals surface area contributed by atoms with Gasteiger partial charge in [-0.2, -0.15) is 13.5 Å². The summed E-state index contributed by atoms with van der Waals surface area (Å²) in [5.41, 5.74) is 0.899. The number of hydrogen-bond acceptors (Lipinski definition) is 8. The molecule has 0 saturated heterocycles. The van der Waals surface area contributed by atoms with E-state index in [4.69, 9.17) is 8.92 Å². The van der Waals surface area contributed by atoms with Gasteiger partial charge >= 0.3 is 16.0 Å². The second-order valence-corrected chi connectivity index (χ2v) is 6.16. The Labute approximate surface area is 131 Å². The van der Waals surface area contributed by atoms with Crippen molar-refractivity contribution in [3.05, 3.63) is 35.7 Å². The van der Waals surface area contributed by atoms with Crippen LogP contribution in [0.3, 0.4) is 0 Å². The third kappa shape index (κ3) is 3.01. The van der Waals surface area contributed by atoms with E-state index in [1.54, 1.807) is 6.07 Å². The van der Waals surface area contributed by atoms with E-state index in [2.05, 4.69) is 20.2 Å². The summed E-state index contributed by atoms with van der Waals surface area (Å²) in [6.45, 7) is 0. The van der Waals surface area contributed by atoms with Gasteiger partial charge in [0.15, 0.2) is 11.5 Å². The van der Waals surface area contributed by atoms with Crippen molar-refractivity contribution in [2.24, 2.45) is 20.2 Å². The highest BCUT2D eigenvalue weighted by Gasteiger charge is 2.27. The topological polar surface area (TPSA) is 119 Å². The first-order chi connectivity index (χ1) is 10.9. The number of rotatable bonds is 4. The molecule has 3 rings (SSSR count). The largest absolute Gasteiger partial charge is 0.496 e. The van der Waals surface area contributed by atoms with Gasteiger partial charge in [0.1, 0.15) is 17.2 Å². The van der Waals surface area contributed by atoms with E-state index in [0.717, 1.165) is 6.26 Å². The van der Waals surface area contributed by atoms with E-state index in [1.807, 2.05) is 0 Å². The normalized spacial score (nSPS) is 16.4. The number of hydrogen-bond donors (Lipinski definition) is 0. The molecule has 2 aliphatic rings. The number of carbonyl (C=O) groups excluding carboxylic acids is 1. The summed E-state index contributed by atoms with van der Waals surface area (Å²) in [5, 5.41) is 6.92. The predicted octanol–water partition coefficient (Wildman–Crippen LogP) is 1.07. The minimum atomic E-state index is -3.65. The van der Waals surface area contributed by atoms with E-state index in [9.17, 15) is 13.2 Å². The maximum absolute atomic E-state index is 11.6. The van der Waals surface area contributed by atoms with E-state index >= 15 is 0 Å². The number of methoxy groups -OCH3 is 1. The standard InChI is InChI=1S/C13H10N4O5S/c1-21-10-5-7(22-23(2,19)20)3-4-8(10)12-15-9-6-14-17-13(18)11(9)16-12/h3-6H,1-2H3. The van der Waals surface area contributed by atoms with Crippen LogP contribution >= 0.6 is 0 Å². The van der Waals surface area contributed by atoms with Crippen molar-refractivity contribution in [1.82, 2.24) is 0 Å². The molecule has 0 aromatic heterocycles. The Morgan fingerprint density at radius 2 is 1.96 bits per heavy atom. The van der Waals surface area contributed by atoms with Crippen LogP contribution in [0.5, 0.6) is 11.5 Å². The van der Waals surface area contributed by atoms with E-state index < -0.39 is 16.0 Å². The van der Waals surface area contributed by atoms with Gasteiger partial charge < -0.3 is 8.92 Å². The molecule has 9 nitrogen and oxygen atoms in total. The van der Waals surface area contributed by atoms with Crippen molar-refractivity contribution >= 4 is 27.6 Å². The number of aliphatic imine (C=N–C) groups is 2. The lowest BCUT2D eigenvalue weighted by molar-refractivity contribution is -0.112. The molecule has 2 aliphatic heterocycles. The minimum absolute atomic E-state index is 0.0945. The number of ether oxygens (including phenoxy) is 1. The van der Waals surface area contributed by atoms with E-state index in [0.29, 0.717) is 17.0 Å². The van der Waals surface area contributed by atoms with Gasteiger partial charge in [0, 0.05) is 6.07 Å². The van der Waals surface area contributed by atoms with Gasteiger partial charge in [-0.05, 0) is 12.1 Å². The molecular formula is C13H10N4O5S. The second kappa shape index (κ2) is 5.39. The van der Waals surface area contributed by atoms with Gasteiger partial charge in [0.25, 0.3) is 0 Å². The van der Waals surface area contributed by atoms with Crippen LogP contribution < -0.4 is 8.92 Å². The second-order valence-electron chi connectivity index (χ2n) is 4.58. The molecule has 0 aliphatic carbocycles. The molecule has 23 heavy (non-hydrogen) atoms. The van der Waals surface area contributed by atoms with Crippen LogP contribution in [0.25, 0.3) is 0 Å². The number of benzene rings is 1. The molecule has 118 valence electrons. The number of amidine groups is 1. The van der Waals surface area contributed by atoms with Crippen molar-refractivity contribution in [1.29, 1.82) is 0 Å². The molecule has 2 heterocycles. The maximum Gasteiger partial charge on any atom is 0.316 e. The fourth-order valence-corrected chi connectivity index (χ4v) is 2.44. The maximum atomic E-state index is 11.6. The smallest absolute Gasteiger partial charge is 0.316 e. The number of azo groups is 1.